The van der Waals surface area contributed by atoms with Crippen molar-refractivity contribution in [1.29, 1.82) is 0 Å². The van der Waals surface area contributed by atoms with Crippen molar-refractivity contribution in [3.05, 3.63) is 58.5 Å². The second-order valence-corrected chi connectivity index (χ2v) is 5.88. The lowest BCUT2D eigenvalue weighted by Gasteiger charge is -2.26. The van der Waals surface area contributed by atoms with E-state index in [1.807, 2.05) is 20.9 Å². The largest absolute Gasteiger partial charge is 0.466 e. The summed E-state index contributed by atoms with van der Waals surface area (Å²) in [4.78, 5) is 0. The van der Waals surface area contributed by atoms with E-state index in [-0.39, 0.29) is 6.04 Å². The topological polar surface area (TPSA) is 25.2 Å². The van der Waals surface area contributed by atoms with Crippen molar-refractivity contribution in [2.24, 2.45) is 0 Å². The zero-order chi connectivity index (χ0) is 14.1. The van der Waals surface area contributed by atoms with Gasteiger partial charge in [0.25, 0.3) is 0 Å². The fourth-order valence-electron chi connectivity index (χ4n) is 3.14. The van der Waals surface area contributed by atoms with Gasteiger partial charge in [0.05, 0.1) is 6.04 Å². The first kappa shape index (κ1) is 13.4. The number of furan rings is 1. The summed E-state index contributed by atoms with van der Waals surface area (Å²) in [5, 5.41) is 3.41. The van der Waals surface area contributed by atoms with Crippen molar-refractivity contribution in [2.75, 3.05) is 7.05 Å². The molecule has 1 unspecified atom stereocenters. The van der Waals surface area contributed by atoms with Gasteiger partial charge in [-0.2, -0.15) is 0 Å². The van der Waals surface area contributed by atoms with Crippen LogP contribution in [0.15, 0.2) is 34.7 Å². The van der Waals surface area contributed by atoms with Gasteiger partial charge in [-0.05, 0) is 56.8 Å². The molecule has 0 amide bonds. The van der Waals surface area contributed by atoms with Crippen LogP contribution < -0.4 is 5.32 Å². The van der Waals surface area contributed by atoms with Crippen molar-refractivity contribution < 1.29 is 4.42 Å². The van der Waals surface area contributed by atoms with Crippen LogP contribution in [0.4, 0.5) is 0 Å². The predicted molar refractivity (Wildman–Crippen MR) is 82.1 cm³/mol. The normalized spacial score (nSPS) is 16.9. The number of hydrogen-bond acceptors (Lipinski definition) is 2. The van der Waals surface area contributed by atoms with Gasteiger partial charge in [0.15, 0.2) is 0 Å². The minimum absolute atomic E-state index is 0.211. The van der Waals surface area contributed by atoms with Gasteiger partial charge in [-0.15, -0.1) is 0 Å². The predicted octanol–water partition coefficient (Wildman–Crippen LogP) is 4.47. The highest BCUT2D eigenvalue weighted by molar-refractivity contribution is 5.36. The molecule has 1 heterocycles. The summed E-state index contributed by atoms with van der Waals surface area (Å²) in [7, 11) is 2.01. The third-order valence-corrected chi connectivity index (χ3v) is 4.53. The Balaban J connectivity index is 1.87. The van der Waals surface area contributed by atoms with Crippen LogP contribution in [0.25, 0.3) is 0 Å². The number of aryl methyl sites for hydroxylation is 2. The molecule has 2 heteroatoms. The lowest BCUT2D eigenvalue weighted by Crippen LogP contribution is -2.18. The average Bonchev–Trinajstić information content (AvgIpc) is 2.70. The second-order valence-electron chi connectivity index (χ2n) is 5.88. The summed E-state index contributed by atoms with van der Waals surface area (Å²) in [5.74, 6) is 2.78. The summed E-state index contributed by atoms with van der Waals surface area (Å²) in [6.07, 6.45) is 4.10. The molecule has 1 fully saturated rings. The minimum atomic E-state index is 0.211. The molecule has 0 radical (unpaired) electrons. The molecule has 1 aliphatic carbocycles. The molecule has 0 spiro atoms. The van der Waals surface area contributed by atoms with E-state index >= 15 is 0 Å². The zero-order valence-corrected chi connectivity index (χ0v) is 12.6. The maximum Gasteiger partial charge on any atom is 0.106 e. The van der Waals surface area contributed by atoms with Gasteiger partial charge in [-0.3, -0.25) is 0 Å². The van der Waals surface area contributed by atoms with Crippen LogP contribution in [-0.4, -0.2) is 7.05 Å². The Morgan fingerprint density at radius 2 is 1.85 bits per heavy atom. The summed E-state index contributed by atoms with van der Waals surface area (Å²) < 4.78 is 5.67. The maximum atomic E-state index is 5.67. The SMILES string of the molecule is CNC(c1ccc(C2CCC2)cc1)c1cc(C)oc1C. The molecule has 1 aromatic carbocycles. The smallest absolute Gasteiger partial charge is 0.106 e. The van der Waals surface area contributed by atoms with Crippen LogP contribution in [0.2, 0.25) is 0 Å². The van der Waals surface area contributed by atoms with E-state index in [1.165, 1.54) is 36.0 Å². The van der Waals surface area contributed by atoms with Gasteiger partial charge >= 0.3 is 0 Å². The van der Waals surface area contributed by atoms with Crippen LogP contribution in [0, 0.1) is 13.8 Å². The van der Waals surface area contributed by atoms with Crippen molar-refractivity contribution in [2.45, 2.75) is 45.1 Å². The molecule has 1 saturated carbocycles. The third-order valence-electron chi connectivity index (χ3n) is 4.53. The van der Waals surface area contributed by atoms with E-state index in [1.54, 1.807) is 0 Å². The van der Waals surface area contributed by atoms with Gasteiger partial charge in [0.1, 0.15) is 11.5 Å². The molecule has 2 nitrogen and oxygen atoms in total. The first-order chi connectivity index (χ1) is 9.69. The molecule has 2 aromatic rings. The third kappa shape index (κ3) is 2.40. The van der Waals surface area contributed by atoms with E-state index in [0.717, 1.165) is 17.4 Å². The zero-order valence-electron chi connectivity index (χ0n) is 12.6. The van der Waals surface area contributed by atoms with Gasteiger partial charge in [-0.25, -0.2) is 0 Å². The van der Waals surface area contributed by atoms with E-state index in [9.17, 15) is 0 Å². The van der Waals surface area contributed by atoms with Crippen LogP contribution in [0.5, 0.6) is 0 Å². The molecular weight excluding hydrogens is 246 g/mol. The summed E-state index contributed by atoms with van der Waals surface area (Å²) >= 11 is 0. The van der Waals surface area contributed by atoms with E-state index < -0.39 is 0 Å². The first-order valence-corrected chi connectivity index (χ1v) is 7.53. The Bertz CT molecular complexity index is 578. The molecular formula is C18H23NO. The van der Waals surface area contributed by atoms with Crippen molar-refractivity contribution in [3.63, 3.8) is 0 Å². The highest BCUT2D eigenvalue weighted by Crippen LogP contribution is 2.37. The highest BCUT2D eigenvalue weighted by atomic mass is 16.3. The fraction of sp³-hybridized carbons (Fsp3) is 0.444. The molecule has 1 atom stereocenters. The Labute approximate surface area is 121 Å². The number of benzene rings is 1. The van der Waals surface area contributed by atoms with E-state index in [0.29, 0.717) is 0 Å². The molecule has 0 aliphatic heterocycles. The molecule has 106 valence electrons. The van der Waals surface area contributed by atoms with Crippen LogP contribution in [0.3, 0.4) is 0 Å². The Kier molecular flexibility index (Phi) is 3.66. The lowest BCUT2D eigenvalue weighted by atomic mass is 9.79. The van der Waals surface area contributed by atoms with Gasteiger partial charge in [0, 0.05) is 5.56 Å². The number of nitrogens with one attached hydrogen (secondary N) is 1. The monoisotopic (exact) mass is 269 g/mol. The quantitative estimate of drug-likeness (QED) is 0.885. The Morgan fingerprint density at radius 1 is 1.15 bits per heavy atom. The van der Waals surface area contributed by atoms with Gasteiger partial charge in [-0.1, -0.05) is 30.7 Å². The van der Waals surface area contributed by atoms with Crippen molar-refractivity contribution in [1.82, 2.24) is 5.32 Å². The standard InChI is InChI=1S/C18H23NO/c1-12-11-17(13(2)20-12)18(19-3)16-9-7-15(8-10-16)14-5-4-6-14/h7-11,14,18-19H,4-6H2,1-3H3. The summed E-state index contributed by atoms with van der Waals surface area (Å²) in [6.45, 7) is 4.04. The van der Waals surface area contributed by atoms with Crippen molar-refractivity contribution in [3.8, 4) is 0 Å². The van der Waals surface area contributed by atoms with E-state index in [2.05, 4.69) is 35.6 Å². The molecule has 0 bridgehead atoms. The molecule has 20 heavy (non-hydrogen) atoms. The second kappa shape index (κ2) is 5.45. The Morgan fingerprint density at radius 3 is 2.30 bits per heavy atom. The fourth-order valence-corrected chi connectivity index (χ4v) is 3.14. The van der Waals surface area contributed by atoms with Gasteiger partial charge in [0.2, 0.25) is 0 Å². The Hall–Kier alpha value is -1.54. The molecule has 1 N–H and O–H groups in total. The molecule has 3 rings (SSSR count). The molecule has 1 aromatic heterocycles. The van der Waals surface area contributed by atoms with Gasteiger partial charge < -0.3 is 9.73 Å². The lowest BCUT2D eigenvalue weighted by molar-refractivity contribution is 0.419. The van der Waals surface area contributed by atoms with Crippen molar-refractivity contribution >= 4 is 0 Å². The summed E-state index contributed by atoms with van der Waals surface area (Å²) in [6, 6.07) is 11.5. The first-order valence-electron chi connectivity index (χ1n) is 7.53. The van der Waals surface area contributed by atoms with E-state index in [4.69, 9.17) is 4.42 Å². The summed E-state index contributed by atoms with van der Waals surface area (Å²) in [5.41, 5.74) is 4.04. The number of hydrogen-bond donors (Lipinski definition) is 1. The minimum Gasteiger partial charge on any atom is -0.466 e. The highest BCUT2D eigenvalue weighted by Gasteiger charge is 2.21. The maximum absolute atomic E-state index is 5.67. The number of rotatable bonds is 4. The molecule has 1 aliphatic rings. The molecule has 0 saturated heterocycles. The van der Waals surface area contributed by atoms with Crippen LogP contribution >= 0.6 is 0 Å². The van der Waals surface area contributed by atoms with Crippen LogP contribution in [0.1, 0.15) is 59.4 Å². The average molecular weight is 269 g/mol. The van der Waals surface area contributed by atoms with Crippen LogP contribution in [-0.2, 0) is 0 Å².